The average molecular weight is 308 g/mol. The van der Waals surface area contributed by atoms with Gasteiger partial charge in [-0.2, -0.15) is 0 Å². The first kappa shape index (κ1) is 15.3. The first-order valence-electron chi connectivity index (χ1n) is 6.42. The second-order valence-corrected chi connectivity index (χ2v) is 4.97. The number of carbonyl (C=O) groups excluding carboxylic acids is 1. The smallest absolute Gasteiger partial charge is 0.309 e. The number of hydrogen-bond donors (Lipinski definition) is 1. The van der Waals surface area contributed by atoms with Crippen molar-refractivity contribution in [1.29, 1.82) is 0 Å². The Hall–Kier alpha value is -2.07. The third-order valence-corrected chi connectivity index (χ3v) is 3.24. The number of methoxy groups -OCH3 is 1. The van der Waals surface area contributed by atoms with Gasteiger partial charge in [-0.1, -0.05) is 35.9 Å². The number of halogens is 2. The van der Waals surface area contributed by atoms with Crippen molar-refractivity contribution in [2.45, 2.75) is 13.0 Å². The topological polar surface area (TPSA) is 38.3 Å². The van der Waals surface area contributed by atoms with Crippen LogP contribution in [0.4, 0.5) is 10.1 Å². The van der Waals surface area contributed by atoms with Crippen LogP contribution in [0, 0.1) is 5.82 Å². The molecule has 110 valence electrons. The maximum atomic E-state index is 13.3. The molecule has 0 atom stereocenters. The average Bonchev–Trinajstić information content (AvgIpc) is 2.45. The fraction of sp³-hybridized carbons (Fsp3) is 0.188. The molecule has 0 spiro atoms. The fourth-order valence-corrected chi connectivity index (χ4v) is 2.21. The van der Waals surface area contributed by atoms with E-state index in [1.165, 1.54) is 19.2 Å². The minimum atomic E-state index is -0.396. The first-order chi connectivity index (χ1) is 10.1. The van der Waals surface area contributed by atoms with Crippen molar-refractivity contribution in [3.63, 3.8) is 0 Å². The molecule has 0 fully saturated rings. The lowest BCUT2D eigenvalue weighted by atomic mass is 10.0. The monoisotopic (exact) mass is 307 g/mol. The minimum Gasteiger partial charge on any atom is -0.469 e. The van der Waals surface area contributed by atoms with Crippen molar-refractivity contribution in [3.05, 3.63) is 64.4 Å². The van der Waals surface area contributed by atoms with Crippen molar-refractivity contribution < 1.29 is 13.9 Å². The third-order valence-electron chi connectivity index (χ3n) is 3.03. The predicted octanol–water partition coefficient (Wildman–Crippen LogP) is 3.81. The van der Waals surface area contributed by atoms with Crippen LogP contribution in [0.2, 0.25) is 5.02 Å². The second-order valence-electron chi connectivity index (χ2n) is 4.53. The van der Waals surface area contributed by atoms with E-state index in [1.54, 1.807) is 6.07 Å². The van der Waals surface area contributed by atoms with E-state index in [2.05, 4.69) is 10.1 Å². The van der Waals surface area contributed by atoms with Gasteiger partial charge in [0.25, 0.3) is 0 Å². The predicted molar refractivity (Wildman–Crippen MR) is 80.9 cm³/mol. The Labute approximate surface area is 127 Å². The van der Waals surface area contributed by atoms with Gasteiger partial charge in [-0.15, -0.1) is 0 Å². The third kappa shape index (κ3) is 4.46. The molecule has 0 unspecified atom stereocenters. The van der Waals surface area contributed by atoms with Gasteiger partial charge in [0.05, 0.1) is 13.5 Å². The zero-order valence-corrected chi connectivity index (χ0v) is 12.3. The Morgan fingerprint density at radius 3 is 2.62 bits per heavy atom. The van der Waals surface area contributed by atoms with Crippen molar-refractivity contribution in [2.75, 3.05) is 12.4 Å². The molecule has 2 aromatic rings. The molecule has 21 heavy (non-hydrogen) atoms. The summed E-state index contributed by atoms with van der Waals surface area (Å²) in [6.45, 7) is 0.465. The maximum absolute atomic E-state index is 13.3. The molecule has 3 nitrogen and oxygen atoms in total. The van der Waals surface area contributed by atoms with Crippen molar-refractivity contribution in [2.24, 2.45) is 0 Å². The van der Waals surface area contributed by atoms with Crippen LogP contribution in [0.15, 0.2) is 42.5 Å². The van der Waals surface area contributed by atoms with Crippen LogP contribution in [0.3, 0.4) is 0 Å². The van der Waals surface area contributed by atoms with E-state index in [1.807, 2.05) is 24.3 Å². The molecule has 2 aromatic carbocycles. The molecular formula is C16H15ClFNO2. The number of ether oxygens (including phenoxy) is 1. The van der Waals surface area contributed by atoms with E-state index in [0.717, 1.165) is 11.1 Å². The van der Waals surface area contributed by atoms with Crippen LogP contribution in [0.1, 0.15) is 11.1 Å². The molecule has 2 rings (SSSR count). The summed E-state index contributed by atoms with van der Waals surface area (Å²) < 4.78 is 17.9. The molecule has 0 aliphatic heterocycles. The van der Waals surface area contributed by atoms with Gasteiger partial charge in [0.2, 0.25) is 0 Å². The van der Waals surface area contributed by atoms with E-state index in [4.69, 9.17) is 11.6 Å². The number of nitrogens with one attached hydrogen (secondary N) is 1. The summed E-state index contributed by atoms with van der Waals surface area (Å²) in [4.78, 5) is 11.4. The molecule has 1 N–H and O–H groups in total. The normalized spacial score (nSPS) is 10.2. The Balaban J connectivity index is 2.10. The molecule has 0 amide bonds. The Bertz CT molecular complexity index is 626. The largest absolute Gasteiger partial charge is 0.469 e. The van der Waals surface area contributed by atoms with Crippen LogP contribution >= 0.6 is 11.6 Å². The first-order valence-corrected chi connectivity index (χ1v) is 6.80. The van der Waals surface area contributed by atoms with Gasteiger partial charge in [-0.3, -0.25) is 4.79 Å². The number of benzene rings is 2. The summed E-state index contributed by atoms with van der Waals surface area (Å²) in [6, 6.07) is 11.8. The molecular weight excluding hydrogens is 293 g/mol. The van der Waals surface area contributed by atoms with Crippen LogP contribution in [0.25, 0.3) is 0 Å². The van der Waals surface area contributed by atoms with Gasteiger partial charge < -0.3 is 10.1 Å². The summed E-state index contributed by atoms with van der Waals surface area (Å²) in [7, 11) is 1.36. The summed E-state index contributed by atoms with van der Waals surface area (Å²) in [5, 5.41) is 3.43. The fourth-order valence-electron chi connectivity index (χ4n) is 1.98. The molecule has 0 saturated carbocycles. The summed E-state index contributed by atoms with van der Waals surface area (Å²) in [5.41, 5.74) is 2.41. The zero-order valence-electron chi connectivity index (χ0n) is 11.5. The standard InChI is InChI=1S/C16H15ClFNO2/c1-21-16(20)6-11-4-2-3-5-12(11)10-19-15-8-13(17)7-14(18)9-15/h2-5,7-9,19H,6,10H2,1H3. The van der Waals surface area contributed by atoms with Crippen LogP contribution < -0.4 is 5.32 Å². The van der Waals surface area contributed by atoms with Gasteiger partial charge >= 0.3 is 5.97 Å². The lowest BCUT2D eigenvalue weighted by Gasteiger charge is -2.11. The van der Waals surface area contributed by atoms with E-state index >= 15 is 0 Å². The number of hydrogen-bond acceptors (Lipinski definition) is 3. The molecule has 0 radical (unpaired) electrons. The van der Waals surface area contributed by atoms with Gasteiger partial charge in [-0.05, 0) is 29.3 Å². The quantitative estimate of drug-likeness (QED) is 0.854. The Kier molecular flexibility index (Phi) is 5.17. The van der Waals surface area contributed by atoms with E-state index < -0.39 is 5.82 Å². The molecule has 0 aliphatic rings. The van der Waals surface area contributed by atoms with Crippen molar-refractivity contribution >= 4 is 23.3 Å². The van der Waals surface area contributed by atoms with E-state index in [0.29, 0.717) is 17.3 Å². The lowest BCUT2D eigenvalue weighted by Crippen LogP contribution is -2.09. The minimum absolute atomic E-state index is 0.207. The van der Waals surface area contributed by atoms with Crippen LogP contribution in [-0.2, 0) is 22.5 Å². The van der Waals surface area contributed by atoms with Gasteiger partial charge in [0.15, 0.2) is 0 Å². The van der Waals surface area contributed by atoms with Crippen molar-refractivity contribution in [3.8, 4) is 0 Å². The molecule has 0 saturated heterocycles. The van der Waals surface area contributed by atoms with E-state index in [-0.39, 0.29) is 12.4 Å². The number of rotatable bonds is 5. The van der Waals surface area contributed by atoms with Gasteiger partial charge in [-0.25, -0.2) is 4.39 Å². The SMILES string of the molecule is COC(=O)Cc1ccccc1CNc1cc(F)cc(Cl)c1. The summed E-state index contributed by atoms with van der Waals surface area (Å²) >= 11 is 5.81. The molecule has 0 bridgehead atoms. The number of carbonyl (C=O) groups is 1. The Morgan fingerprint density at radius 1 is 1.24 bits per heavy atom. The van der Waals surface area contributed by atoms with Gasteiger partial charge in [0, 0.05) is 17.3 Å². The highest BCUT2D eigenvalue weighted by Gasteiger charge is 2.08. The highest BCUT2D eigenvalue weighted by Crippen LogP contribution is 2.19. The van der Waals surface area contributed by atoms with Crippen molar-refractivity contribution in [1.82, 2.24) is 0 Å². The molecule has 0 aliphatic carbocycles. The zero-order chi connectivity index (χ0) is 15.2. The van der Waals surface area contributed by atoms with Gasteiger partial charge in [0.1, 0.15) is 5.82 Å². The maximum Gasteiger partial charge on any atom is 0.309 e. The van der Waals surface area contributed by atoms with Crippen LogP contribution in [-0.4, -0.2) is 13.1 Å². The van der Waals surface area contributed by atoms with Crippen LogP contribution in [0.5, 0.6) is 0 Å². The molecule has 5 heteroatoms. The number of anilines is 1. The number of esters is 1. The summed E-state index contributed by atoms with van der Waals surface area (Å²) in [6.07, 6.45) is 0.207. The highest BCUT2D eigenvalue weighted by molar-refractivity contribution is 6.30. The second kappa shape index (κ2) is 7.09. The Morgan fingerprint density at radius 2 is 1.95 bits per heavy atom. The highest BCUT2D eigenvalue weighted by atomic mass is 35.5. The summed E-state index contributed by atoms with van der Waals surface area (Å²) in [5.74, 6) is -0.691. The molecule has 0 aromatic heterocycles. The lowest BCUT2D eigenvalue weighted by molar-refractivity contribution is -0.139. The van der Waals surface area contributed by atoms with E-state index in [9.17, 15) is 9.18 Å². The molecule has 0 heterocycles.